The van der Waals surface area contributed by atoms with E-state index in [2.05, 4.69) is 15.2 Å². The summed E-state index contributed by atoms with van der Waals surface area (Å²) >= 11 is 0. The van der Waals surface area contributed by atoms with E-state index in [0.717, 1.165) is 22.4 Å². The van der Waals surface area contributed by atoms with Gasteiger partial charge in [-0.2, -0.15) is 10.2 Å². The summed E-state index contributed by atoms with van der Waals surface area (Å²) in [6.45, 7) is 0.884. The molecule has 140 valence electrons. The highest BCUT2D eigenvalue weighted by molar-refractivity contribution is 5.76. The zero-order valence-electron chi connectivity index (χ0n) is 14.6. The van der Waals surface area contributed by atoms with Crippen LogP contribution in [0.4, 0.5) is 0 Å². The molecular weight excluding hydrogens is 352 g/mol. The Hall–Kier alpha value is -3.53. The molecule has 0 fully saturated rings. The Labute approximate surface area is 154 Å². The molecular formula is C17H18N6O4. The van der Waals surface area contributed by atoms with Crippen LogP contribution in [-0.2, 0) is 41.0 Å². The van der Waals surface area contributed by atoms with E-state index < -0.39 is 5.91 Å². The first-order valence-electron chi connectivity index (χ1n) is 8.03. The number of fused-ring (bicyclic) bond motifs is 1. The number of nitrogens with two attached hydrogens (primary N) is 1. The van der Waals surface area contributed by atoms with Gasteiger partial charge in [0.2, 0.25) is 5.91 Å². The van der Waals surface area contributed by atoms with Crippen molar-refractivity contribution in [1.29, 1.82) is 0 Å². The van der Waals surface area contributed by atoms with Crippen LogP contribution < -0.4 is 5.73 Å². The summed E-state index contributed by atoms with van der Waals surface area (Å²) in [7, 11) is 1.83. The number of hydrogen-bond acceptors (Lipinski definition) is 6. The Bertz CT molecular complexity index is 978. The van der Waals surface area contributed by atoms with E-state index in [1.807, 2.05) is 31.4 Å². The van der Waals surface area contributed by atoms with Crippen LogP contribution in [0.5, 0.6) is 0 Å². The van der Waals surface area contributed by atoms with E-state index in [1.165, 1.54) is 0 Å². The van der Waals surface area contributed by atoms with Crippen molar-refractivity contribution in [3.63, 3.8) is 0 Å². The number of primary amides is 1. The fourth-order valence-corrected chi connectivity index (χ4v) is 2.87. The average Bonchev–Trinajstić information content (AvgIpc) is 3.33. The van der Waals surface area contributed by atoms with Gasteiger partial charge in [-0.15, -0.1) is 0 Å². The summed E-state index contributed by atoms with van der Waals surface area (Å²) in [4.78, 5) is 24.2. The number of aryl methyl sites for hydroxylation is 1. The molecule has 2 aromatic heterocycles. The highest BCUT2D eigenvalue weighted by atomic mass is 16.5. The Morgan fingerprint density at radius 3 is 2.85 bits per heavy atom. The summed E-state index contributed by atoms with van der Waals surface area (Å²) in [5.41, 5.74) is 9.24. The SMILES string of the molecule is Cn1cc(-n2nc(CC(N)=O)nc2-c2cccc3c2COC3)cn1.O=CO. The van der Waals surface area contributed by atoms with Crippen molar-refractivity contribution in [3.8, 4) is 17.1 Å². The highest BCUT2D eigenvalue weighted by Crippen LogP contribution is 2.31. The quantitative estimate of drug-likeness (QED) is 0.635. The van der Waals surface area contributed by atoms with Crippen LogP contribution in [0.25, 0.3) is 17.1 Å². The first-order valence-corrected chi connectivity index (χ1v) is 8.03. The van der Waals surface area contributed by atoms with Gasteiger partial charge in [-0.05, 0) is 11.1 Å². The minimum atomic E-state index is -0.466. The second-order valence-corrected chi connectivity index (χ2v) is 5.82. The Kier molecular flexibility index (Phi) is 5.27. The monoisotopic (exact) mass is 370 g/mol. The first-order chi connectivity index (χ1) is 13.0. The van der Waals surface area contributed by atoms with E-state index in [9.17, 15) is 4.79 Å². The molecule has 3 heterocycles. The number of amides is 1. The van der Waals surface area contributed by atoms with E-state index in [1.54, 1.807) is 15.6 Å². The molecule has 27 heavy (non-hydrogen) atoms. The van der Waals surface area contributed by atoms with Crippen LogP contribution in [0.2, 0.25) is 0 Å². The molecule has 1 aromatic carbocycles. The smallest absolute Gasteiger partial charge is 0.290 e. The number of ether oxygens (including phenoxy) is 1. The van der Waals surface area contributed by atoms with Gasteiger partial charge in [0.25, 0.3) is 6.47 Å². The van der Waals surface area contributed by atoms with Gasteiger partial charge in [0.1, 0.15) is 5.69 Å². The van der Waals surface area contributed by atoms with Crippen LogP contribution in [0.1, 0.15) is 17.0 Å². The third-order valence-corrected chi connectivity index (χ3v) is 3.94. The molecule has 0 radical (unpaired) electrons. The minimum absolute atomic E-state index is 0.00815. The molecule has 0 saturated carbocycles. The average molecular weight is 370 g/mol. The maximum Gasteiger partial charge on any atom is 0.290 e. The number of benzene rings is 1. The molecule has 0 atom stereocenters. The third kappa shape index (κ3) is 3.85. The fraction of sp³-hybridized carbons (Fsp3) is 0.235. The van der Waals surface area contributed by atoms with Crippen LogP contribution in [0.15, 0.2) is 30.6 Å². The molecule has 3 N–H and O–H groups in total. The maximum atomic E-state index is 11.3. The van der Waals surface area contributed by atoms with Crippen LogP contribution in [0.3, 0.4) is 0 Å². The Balaban J connectivity index is 0.000000659. The lowest BCUT2D eigenvalue weighted by Gasteiger charge is -2.07. The molecule has 3 aromatic rings. The molecule has 1 amide bonds. The third-order valence-electron chi connectivity index (χ3n) is 3.94. The molecule has 0 bridgehead atoms. The lowest BCUT2D eigenvalue weighted by Crippen LogP contribution is -2.14. The maximum absolute atomic E-state index is 11.3. The lowest BCUT2D eigenvalue weighted by molar-refractivity contribution is -0.123. The van der Waals surface area contributed by atoms with Crippen molar-refractivity contribution in [1.82, 2.24) is 24.5 Å². The number of carboxylic acid groups (broad SMARTS) is 1. The Morgan fingerprint density at radius 1 is 1.41 bits per heavy atom. The molecule has 1 aliphatic heterocycles. The highest BCUT2D eigenvalue weighted by Gasteiger charge is 2.22. The molecule has 10 heteroatoms. The topological polar surface area (TPSA) is 138 Å². The van der Waals surface area contributed by atoms with Crippen LogP contribution in [-0.4, -0.2) is 42.0 Å². The van der Waals surface area contributed by atoms with Gasteiger partial charge in [-0.25, -0.2) is 9.67 Å². The van der Waals surface area contributed by atoms with Gasteiger partial charge in [-0.1, -0.05) is 18.2 Å². The summed E-state index contributed by atoms with van der Waals surface area (Å²) < 4.78 is 8.93. The zero-order chi connectivity index (χ0) is 19.4. The van der Waals surface area contributed by atoms with Gasteiger partial charge in [0, 0.05) is 12.6 Å². The minimum Gasteiger partial charge on any atom is -0.483 e. The first kappa shape index (κ1) is 18.3. The second-order valence-electron chi connectivity index (χ2n) is 5.82. The number of aromatic nitrogens is 5. The number of rotatable bonds is 4. The van der Waals surface area contributed by atoms with Crippen molar-refractivity contribution in [3.05, 3.63) is 47.5 Å². The molecule has 4 rings (SSSR count). The molecule has 1 aliphatic rings. The van der Waals surface area contributed by atoms with Gasteiger partial charge in [0.05, 0.1) is 32.0 Å². The number of hydrogen-bond donors (Lipinski definition) is 2. The fourth-order valence-electron chi connectivity index (χ4n) is 2.87. The van der Waals surface area contributed by atoms with Crippen molar-refractivity contribution in [2.24, 2.45) is 12.8 Å². The van der Waals surface area contributed by atoms with Crippen molar-refractivity contribution >= 4 is 12.4 Å². The molecule has 0 spiro atoms. The van der Waals surface area contributed by atoms with Gasteiger partial charge < -0.3 is 15.6 Å². The standard InChI is InChI=1S/C16H16N6O2.CH2O2/c1-21-7-11(6-18-21)22-16(19-15(20-22)5-14(17)23)12-4-2-3-10-8-24-9-13(10)12;2-1-3/h2-4,6-7H,5,8-9H2,1H3,(H2,17,23);1H,(H,2,3). The molecule has 10 nitrogen and oxygen atoms in total. The summed E-state index contributed by atoms with van der Waals surface area (Å²) in [6.07, 6.45) is 3.53. The van der Waals surface area contributed by atoms with Crippen molar-refractivity contribution < 1.29 is 19.4 Å². The van der Waals surface area contributed by atoms with Crippen molar-refractivity contribution in [2.75, 3.05) is 0 Å². The van der Waals surface area contributed by atoms with E-state index in [-0.39, 0.29) is 12.9 Å². The Morgan fingerprint density at radius 2 is 2.19 bits per heavy atom. The molecule has 0 aliphatic carbocycles. The number of nitrogens with zero attached hydrogens (tertiary/aromatic N) is 5. The van der Waals surface area contributed by atoms with Gasteiger partial charge in [0.15, 0.2) is 11.6 Å². The van der Waals surface area contributed by atoms with Gasteiger partial charge in [-0.3, -0.25) is 14.3 Å². The second kappa shape index (κ2) is 7.79. The lowest BCUT2D eigenvalue weighted by atomic mass is 10.0. The largest absolute Gasteiger partial charge is 0.483 e. The molecule has 0 saturated heterocycles. The van der Waals surface area contributed by atoms with Crippen LogP contribution in [0, 0.1) is 0 Å². The predicted molar refractivity (Wildman–Crippen MR) is 93.6 cm³/mol. The van der Waals surface area contributed by atoms with Crippen LogP contribution >= 0.6 is 0 Å². The van der Waals surface area contributed by atoms with E-state index >= 15 is 0 Å². The summed E-state index contributed by atoms with van der Waals surface area (Å²) in [5, 5.41) is 15.5. The number of carbonyl (C=O) groups excluding carboxylic acids is 1. The van der Waals surface area contributed by atoms with Gasteiger partial charge >= 0.3 is 0 Å². The summed E-state index contributed by atoms with van der Waals surface area (Å²) in [5.74, 6) is 0.575. The molecule has 0 unspecified atom stereocenters. The number of carbonyl (C=O) groups is 2. The zero-order valence-corrected chi connectivity index (χ0v) is 14.6. The van der Waals surface area contributed by atoms with Crippen molar-refractivity contribution in [2.45, 2.75) is 19.6 Å². The predicted octanol–water partition coefficient (Wildman–Crippen LogP) is 0.427. The van der Waals surface area contributed by atoms with E-state index in [4.69, 9.17) is 20.4 Å². The normalized spacial score (nSPS) is 12.2. The van der Waals surface area contributed by atoms with E-state index in [0.29, 0.717) is 24.9 Å². The summed E-state index contributed by atoms with van der Waals surface area (Å²) in [6, 6.07) is 6.00.